The first kappa shape index (κ1) is 21.0. The summed E-state index contributed by atoms with van der Waals surface area (Å²) in [5.41, 5.74) is 0. The van der Waals surface area contributed by atoms with Crippen LogP contribution in [0.15, 0.2) is 4.99 Å². The molecular weight excluding hydrogens is 323 g/mol. The summed E-state index contributed by atoms with van der Waals surface area (Å²) in [5.74, 6) is 0.712. The van der Waals surface area contributed by atoms with E-state index in [0.717, 1.165) is 45.9 Å². The molecule has 0 radical (unpaired) electrons. The van der Waals surface area contributed by atoms with E-state index in [-0.39, 0.29) is 0 Å². The third-order valence-electron chi connectivity index (χ3n) is 3.59. The lowest BCUT2D eigenvalue weighted by Gasteiger charge is -2.26. The normalized spacial score (nSPS) is 17.3. The molecule has 0 saturated carbocycles. The Balaban J connectivity index is 2.21. The summed E-state index contributed by atoms with van der Waals surface area (Å²) in [6, 6.07) is 0. The molecule has 9 heteroatoms. The molecule has 0 aromatic heterocycles. The van der Waals surface area contributed by atoms with E-state index in [1.54, 1.807) is 0 Å². The summed E-state index contributed by atoms with van der Waals surface area (Å²) >= 11 is 0. The van der Waals surface area contributed by atoms with E-state index >= 15 is 0 Å². The van der Waals surface area contributed by atoms with Crippen molar-refractivity contribution in [2.45, 2.75) is 19.5 Å². The van der Waals surface area contributed by atoms with Crippen LogP contribution in [-0.4, -0.2) is 94.6 Å². The lowest BCUT2D eigenvalue weighted by Crippen LogP contribution is -2.44. The summed E-state index contributed by atoms with van der Waals surface area (Å²) in [7, 11) is 1.48. The van der Waals surface area contributed by atoms with E-state index in [2.05, 4.69) is 20.5 Å². The van der Waals surface area contributed by atoms with Crippen molar-refractivity contribution in [2.24, 2.45) is 4.99 Å². The molecule has 1 heterocycles. The van der Waals surface area contributed by atoms with Crippen LogP contribution in [0, 0.1) is 0 Å². The largest absolute Gasteiger partial charge is 0.401 e. The molecule has 1 rings (SSSR count). The van der Waals surface area contributed by atoms with Gasteiger partial charge in [0, 0.05) is 39.3 Å². The molecule has 1 aliphatic rings. The third-order valence-corrected chi connectivity index (χ3v) is 3.59. The van der Waals surface area contributed by atoms with Crippen LogP contribution in [-0.2, 0) is 4.74 Å². The summed E-state index contributed by atoms with van der Waals surface area (Å²) in [6.45, 7) is 7.86. The highest BCUT2D eigenvalue weighted by atomic mass is 19.4. The topological polar surface area (TPSA) is 52.1 Å². The highest BCUT2D eigenvalue weighted by molar-refractivity contribution is 5.79. The molecular formula is C15H30F3N5O. The number of alkyl halides is 3. The van der Waals surface area contributed by atoms with Crippen molar-refractivity contribution >= 4 is 5.96 Å². The summed E-state index contributed by atoms with van der Waals surface area (Å²) in [4.78, 5) is 8.01. The highest BCUT2D eigenvalue weighted by Gasteiger charge is 2.28. The number of ether oxygens (including phenoxy) is 1. The van der Waals surface area contributed by atoms with Gasteiger partial charge in [0.2, 0.25) is 0 Å². The number of hydrogen-bond donors (Lipinski definition) is 2. The summed E-state index contributed by atoms with van der Waals surface area (Å²) < 4.78 is 42.0. The molecule has 0 amide bonds. The fourth-order valence-electron chi connectivity index (χ4n) is 2.42. The highest BCUT2D eigenvalue weighted by Crippen LogP contribution is 2.15. The van der Waals surface area contributed by atoms with E-state index in [9.17, 15) is 13.2 Å². The first-order chi connectivity index (χ1) is 11.4. The standard InChI is InChI=1S/C15H30F3N5O/c1-3-19-14(21-6-8-23-9-11-24-12-10-23)20-5-4-7-22(2)13-15(16,17)18/h3-13H2,1-2H3,(H2,19,20,21). The van der Waals surface area contributed by atoms with E-state index < -0.39 is 12.7 Å². The monoisotopic (exact) mass is 353 g/mol. The minimum absolute atomic E-state index is 0.371. The Kier molecular flexibility index (Phi) is 10.0. The second-order valence-electron chi connectivity index (χ2n) is 5.85. The average Bonchev–Trinajstić information content (AvgIpc) is 2.51. The van der Waals surface area contributed by atoms with Crippen molar-refractivity contribution in [3.05, 3.63) is 0 Å². The SMILES string of the molecule is CCNC(=NCCCN(C)CC(F)(F)F)NCCN1CCOCC1. The molecule has 142 valence electrons. The van der Waals surface area contributed by atoms with Gasteiger partial charge < -0.3 is 15.4 Å². The summed E-state index contributed by atoms with van der Waals surface area (Å²) in [6.07, 6.45) is -3.55. The first-order valence-electron chi connectivity index (χ1n) is 8.48. The maximum Gasteiger partial charge on any atom is 0.401 e. The van der Waals surface area contributed by atoms with Crippen molar-refractivity contribution in [1.82, 2.24) is 20.4 Å². The number of nitrogens with one attached hydrogen (secondary N) is 2. The van der Waals surface area contributed by atoms with Gasteiger partial charge in [0.05, 0.1) is 19.8 Å². The first-order valence-corrected chi connectivity index (χ1v) is 8.48. The number of hydrogen-bond acceptors (Lipinski definition) is 4. The van der Waals surface area contributed by atoms with Gasteiger partial charge in [-0.05, 0) is 26.9 Å². The van der Waals surface area contributed by atoms with Crippen LogP contribution in [0.1, 0.15) is 13.3 Å². The van der Waals surface area contributed by atoms with Crippen molar-refractivity contribution in [2.75, 3.05) is 72.6 Å². The zero-order chi connectivity index (χ0) is 17.8. The number of rotatable bonds is 9. The zero-order valence-corrected chi connectivity index (χ0v) is 14.7. The van der Waals surface area contributed by atoms with E-state index in [1.807, 2.05) is 6.92 Å². The van der Waals surface area contributed by atoms with Crippen LogP contribution >= 0.6 is 0 Å². The van der Waals surface area contributed by atoms with Gasteiger partial charge in [0.15, 0.2) is 5.96 Å². The Morgan fingerprint density at radius 2 is 1.96 bits per heavy atom. The molecule has 0 bridgehead atoms. The van der Waals surface area contributed by atoms with Crippen LogP contribution in [0.25, 0.3) is 0 Å². The van der Waals surface area contributed by atoms with Gasteiger partial charge in [0.25, 0.3) is 0 Å². The fourth-order valence-corrected chi connectivity index (χ4v) is 2.42. The Labute approximate surface area is 142 Å². The van der Waals surface area contributed by atoms with Crippen LogP contribution in [0.3, 0.4) is 0 Å². The Bertz CT molecular complexity index is 360. The molecule has 1 aliphatic heterocycles. The minimum Gasteiger partial charge on any atom is -0.379 e. The predicted molar refractivity (Wildman–Crippen MR) is 89.4 cm³/mol. The molecule has 1 fully saturated rings. The average molecular weight is 353 g/mol. The molecule has 2 N–H and O–H groups in total. The smallest absolute Gasteiger partial charge is 0.379 e. The maximum atomic E-state index is 12.2. The van der Waals surface area contributed by atoms with Gasteiger partial charge in [-0.1, -0.05) is 0 Å². The van der Waals surface area contributed by atoms with Crippen molar-refractivity contribution in [3.63, 3.8) is 0 Å². The molecule has 0 aromatic carbocycles. The molecule has 0 spiro atoms. The van der Waals surface area contributed by atoms with Gasteiger partial charge in [-0.15, -0.1) is 0 Å². The minimum atomic E-state index is -4.14. The number of halogens is 3. The van der Waals surface area contributed by atoms with Crippen LogP contribution in [0.2, 0.25) is 0 Å². The Morgan fingerprint density at radius 1 is 1.25 bits per heavy atom. The Hall–Kier alpha value is -1.06. The molecule has 0 atom stereocenters. The van der Waals surface area contributed by atoms with Crippen LogP contribution in [0.4, 0.5) is 13.2 Å². The Morgan fingerprint density at radius 3 is 2.58 bits per heavy atom. The molecule has 0 aliphatic carbocycles. The molecule has 0 aromatic rings. The second kappa shape index (κ2) is 11.5. The van der Waals surface area contributed by atoms with Gasteiger partial charge >= 0.3 is 6.18 Å². The van der Waals surface area contributed by atoms with Crippen LogP contribution < -0.4 is 10.6 Å². The molecule has 0 unspecified atom stereocenters. The summed E-state index contributed by atoms with van der Waals surface area (Å²) in [5, 5.41) is 6.41. The number of morpholine rings is 1. The van der Waals surface area contributed by atoms with Gasteiger partial charge in [-0.3, -0.25) is 14.8 Å². The van der Waals surface area contributed by atoms with Crippen molar-refractivity contribution in [1.29, 1.82) is 0 Å². The number of aliphatic imine (C=N–C) groups is 1. The predicted octanol–water partition coefficient (Wildman–Crippen LogP) is 0.758. The van der Waals surface area contributed by atoms with Crippen molar-refractivity contribution < 1.29 is 17.9 Å². The van der Waals surface area contributed by atoms with Gasteiger partial charge in [-0.2, -0.15) is 13.2 Å². The third kappa shape index (κ3) is 10.7. The molecule has 1 saturated heterocycles. The van der Waals surface area contributed by atoms with E-state index in [1.165, 1.54) is 11.9 Å². The second-order valence-corrected chi connectivity index (χ2v) is 5.85. The van der Waals surface area contributed by atoms with Gasteiger partial charge in [0.1, 0.15) is 0 Å². The fraction of sp³-hybridized carbons (Fsp3) is 0.933. The lowest BCUT2D eigenvalue weighted by atomic mass is 10.4. The van der Waals surface area contributed by atoms with Crippen molar-refractivity contribution in [3.8, 4) is 0 Å². The maximum absolute atomic E-state index is 12.2. The number of nitrogens with zero attached hydrogens (tertiary/aromatic N) is 3. The lowest BCUT2D eigenvalue weighted by molar-refractivity contribution is -0.143. The van der Waals surface area contributed by atoms with Gasteiger partial charge in [-0.25, -0.2) is 0 Å². The molecule has 24 heavy (non-hydrogen) atoms. The van der Waals surface area contributed by atoms with E-state index in [4.69, 9.17) is 4.74 Å². The van der Waals surface area contributed by atoms with Crippen LogP contribution in [0.5, 0.6) is 0 Å². The van der Waals surface area contributed by atoms with E-state index in [0.29, 0.717) is 25.5 Å². The quantitative estimate of drug-likeness (QED) is 0.364. The molecule has 6 nitrogen and oxygen atoms in total. The number of guanidine groups is 1. The zero-order valence-electron chi connectivity index (χ0n) is 14.7.